The first-order valence-corrected chi connectivity index (χ1v) is 7.64. The monoisotopic (exact) mass is 308 g/mol. The molecule has 0 spiro atoms. The van der Waals surface area contributed by atoms with Gasteiger partial charge in [0, 0.05) is 6.54 Å². The molecule has 1 N–H and O–H groups in total. The summed E-state index contributed by atoms with van der Waals surface area (Å²) < 4.78 is 0. The number of aromatic nitrogens is 5. The van der Waals surface area contributed by atoms with Crippen molar-refractivity contribution in [3.63, 3.8) is 0 Å². The maximum atomic E-state index is 12.8. The number of para-hydroxylation sites is 2. The van der Waals surface area contributed by atoms with E-state index in [9.17, 15) is 4.79 Å². The summed E-state index contributed by atoms with van der Waals surface area (Å²) in [7, 11) is 0. The molecule has 0 aliphatic carbocycles. The van der Waals surface area contributed by atoms with Gasteiger partial charge in [-0.05, 0) is 31.9 Å². The molecule has 1 aromatic carbocycles. The van der Waals surface area contributed by atoms with Crippen molar-refractivity contribution in [2.24, 2.45) is 0 Å². The zero-order chi connectivity index (χ0) is 15.8. The van der Waals surface area contributed by atoms with Crippen molar-refractivity contribution in [2.75, 3.05) is 6.54 Å². The normalized spacial score (nSPS) is 17.8. The van der Waals surface area contributed by atoms with Crippen molar-refractivity contribution < 1.29 is 4.79 Å². The van der Waals surface area contributed by atoms with Gasteiger partial charge in [-0.3, -0.25) is 14.9 Å². The van der Waals surface area contributed by atoms with Gasteiger partial charge in [-0.1, -0.05) is 12.1 Å². The molecule has 0 unspecified atom stereocenters. The van der Waals surface area contributed by atoms with E-state index in [1.165, 1.54) is 0 Å². The van der Waals surface area contributed by atoms with Gasteiger partial charge in [0.2, 0.25) is 0 Å². The van der Waals surface area contributed by atoms with E-state index in [1.54, 1.807) is 11.1 Å². The number of carbonyl (C=O) groups excluding carboxylic acids is 1. The maximum absolute atomic E-state index is 12.8. The largest absolute Gasteiger partial charge is 0.327 e. The summed E-state index contributed by atoms with van der Waals surface area (Å²) in [5.74, 6) is 1.31. The zero-order valence-corrected chi connectivity index (χ0v) is 12.7. The summed E-state index contributed by atoms with van der Waals surface area (Å²) in [5.41, 5.74) is 1.87. The van der Waals surface area contributed by atoms with Crippen LogP contribution >= 0.6 is 0 Å². The molecule has 1 saturated heterocycles. The van der Waals surface area contributed by atoms with Crippen LogP contribution in [0.2, 0.25) is 0 Å². The number of likely N-dealkylation sites (tertiary alicyclic amines) is 1. The first kappa shape index (κ1) is 13.8. The summed E-state index contributed by atoms with van der Waals surface area (Å²) in [6.45, 7) is 2.54. The number of aromatic amines is 1. The molecule has 0 radical (unpaired) electrons. The fourth-order valence-corrected chi connectivity index (χ4v) is 2.99. The highest BCUT2D eigenvalue weighted by atomic mass is 16.2. The highest BCUT2D eigenvalue weighted by molar-refractivity contribution is 5.94. The lowest BCUT2D eigenvalue weighted by Crippen LogP contribution is -2.31. The minimum Gasteiger partial charge on any atom is -0.327 e. The molecule has 3 heterocycles. The number of nitrogens with one attached hydrogen (secondary N) is 1. The lowest BCUT2D eigenvalue weighted by molar-refractivity contribution is 0.0724. The lowest BCUT2D eigenvalue weighted by Gasteiger charge is -2.22. The van der Waals surface area contributed by atoms with Crippen LogP contribution in [0, 0.1) is 6.92 Å². The van der Waals surface area contributed by atoms with Gasteiger partial charge in [0.25, 0.3) is 5.91 Å². The third kappa shape index (κ3) is 2.44. The Balaban J connectivity index is 1.66. The van der Waals surface area contributed by atoms with Crippen molar-refractivity contribution in [1.29, 1.82) is 0 Å². The molecule has 0 bridgehead atoms. The Morgan fingerprint density at radius 3 is 2.87 bits per heavy atom. The molecule has 4 rings (SSSR count). The van der Waals surface area contributed by atoms with Gasteiger partial charge < -0.3 is 4.90 Å². The fourth-order valence-electron chi connectivity index (χ4n) is 2.99. The number of fused-ring (bicyclic) bond motifs is 1. The molecule has 1 atom stereocenters. The predicted octanol–water partition coefficient (Wildman–Crippen LogP) is 2.03. The molecule has 0 saturated carbocycles. The van der Waals surface area contributed by atoms with Crippen molar-refractivity contribution in [3.8, 4) is 0 Å². The van der Waals surface area contributed by atoms with Crippen LogP contribution in [0.15, 0.2) is 30.5 Å². The van der Waals surface area contributed by atoms with Gasteiger partial charge in [0.15, 0.2) is 5.82 Å². The lowest BCUT2D eigenvalue weighted by atomic mass is 10.2. The standard InChI is InChI=1S/C16H16N6O/c1-10-18-15(21-20-10)14-7-4-8-22(14)16(23)13-9-17-11-5-2-3-6-12(11)19-13/h2-3,5-6,9,14H,4,7-8H2,1H3,(H,18,20,21)/t14-/m0/s1. The third-order valence-corrected chi connectivity index (χ3v) is 4.09. The molecule has 3 aromatic rings. The Morgan fingerprint density at radius 2 is 2.09 bits per heavy atom. The summed E-state index contributed by atoms with van der Waals surface area (Å²) in [4.78, 5) is 27.8. The molecule has 7 heteroatoms. The zero-order valence-electron chi connectivity index (χ0n) is 12.7. The van der Waals surface area contributed by atoms with Crippen molar-refractivity contribution in [2.45, 2.75) is 25.8 Å². The number of hydrogen-bond acceptors (Lipinski definition) is 5. The first-order chi connectivity index (χ1) is 11.2. The van der Waals surface area contributed by atoms with Crippen LogP contribution in [-0.4, -0.2) is 42.5 Å². The number of amides is 1. The molecule has 23 heavy (non-hydrogen) atoms. The number of aryl methyl sites for hydroxylation is 1. The summed E-state index contributed by atoms with van der Waals surface area (Å²) >= 11 is 0. The summed E-state index contributed by atoms with van der Waals surface area (Å²) in [5, 5.41) is 7.05. The molecule has 2 aromatic heterocycles. The Labute approximate surface area is 132 Å². The molecule has 1 aliphatic rings. The second-order valence-electron chi connectivity index (χ2n) is 5.68. The molecular formula is C16H16N6O. The van der Waals surface area contributed by atoms with Gasteiger partial charge in [0.05, 0.1) is 23.3 Å². The van der Waals surface area contributed by atoms with Gasteiger partial charge in [0.1, 0.15) is 11.5 Å². The minimum absolute atomic E-state index is 0.0966. The highest BCUT2D eigenvalue weighted by Gasteiger charge is 2.33. The van der Waals surface area contributed by atoms with E-state index in [-0.39, 0.29) is 11.9 Å². The van der Waals surface area contributed by atoms with Crippen molar-refractivity contribution in [3.05, 3.63) is 47.8 Å². The molecule has 1 fully saturated rings. The average Bonchev–Trinajstić information content (AvgIpc) is 3.22. The summed E-state index contributed by atoms with van der Waals surface area (Å²) in [6.07, 6.45) is 3.35. The van der Waals surface area contributed by atoms with E-state index in [2.05, 4.69) is 25.1 Å². The quantitative estimate of drug-likeness (QED) is 0.782. The number of H-pyrrole nitrogens is 1. The SMILES string of the molecule is Cc1nc([C@@H]2CCCN2C(=O)c2cnc3ccccc3n2)n[nH]1. The van der Waals surface area contributed by atoms with E-state index in [1.807, 2.05) is 31.2 Å². The van der Waals surface area contributed by atoms with Crippen LogP contribution in [0.4, 0.5) is 0 Å². The van der Waals surface area contributed by atoms with E-state index in [0.29, 0.717) is 18.1 Å². The Kier molecular flexibility index (Phi) is 3.25. The van der Waals surface area contributed by atoms with Crippen molar-refractivity contribution in [1.82, 2.24) is 30.0 Å². The van der Waals surface area contributed by atoms with Gasteiger partial charge in [-0.2, -0.15) is 5.10 Å². The number of hydrogen-bond donors (Lipinski definition) is 1. The second-order valence-corrected chi connectivity index (χ2v) is 5.68. The maximum Gasteiger partial charge on any atom is 0.274 e. The van der Waals surface area contributed by atoms with Crippen LogP contribution in [0.25, 0.3) is 11.0 Å². The van der Waals surface area contributed by atoms with Crippen molar-refractivity contribution >= 4 is 16.9 Å². The van der Waals surface area contributed by atoms with E-state index in [0.717, 1.165) is 29.7 Å². The highest BCUT2D eigenvalue weighted by Crippen LogP contribution is 2.30. The van der Waals surface area contributed by atoms with E-state index >= 15 is 0 Å². The fraction of sp³-hybridized carbons (Fsp3) is 0.312. The minimum atomic E-state index is -0.117. The topological polar surface area (TPSA) is 87.7 Å². The predicted molar refractivity (Wildman–Crippen MR) is 83.7 cm³/mol. The number of carbonyl (C=O) groups is 1. The Hall–Kier alpha value is -2.83. The average molecular weight is 308 g/mol. The summed E-state index contributed by atoms with van der Waals surface area (Å²) in [6, 6.07) is 7.44. The number of rotatable bonds is 2. The molecule has 1 aliphatic heterocycles. The third-order valence-electron chi connectivity index (χ3n) is 4.09. The molecule has 1 amide bonds. The van der Waals surface area contributed by atoms with Crippen LogP contribution in [0.3, 0.4) is 0 Å². The number of nitrogens with zero attached hydrogens (tertiary/aromatic N) is 5. The number of benzene rings is 1. The van der Waals surface area contributed by atoms with E-state index < -0.39 is 0 Å². The Bertz CT molecular complexity index is 874. The Morgan fingerprint density at radius 1 is 1.26 bits per heavy atom. The van der Waals surface area contributed by atoms with Gasteiger partial charge in [-0.15, -0.1) is 0 Å². The van der Waals surface area contributed by atoms with E-state index in [4.69, 9.17) is 0 Å². The molecule has 7 nitrogen and oxygen atoms in total. The molecule has 116 valence electrons. The molecular weight excluding hydrogens is 292 g/mol. The van der Waals surface area contributed by atoms with Gasteiger partial charge in [-0.25, -0.2) is 9.97 Å². The van der Waals surface area contributed by atoms with Crippen LogP contribution < -0.4 is 0 Å². The van der Waals surface area contributed by atoms with Crippen LogP contribution in [0.5, 0.6) is 0 Å². The van der Waals surface area contributed by atoms with Crippen LogP contribution in [-0.2, 0) is 0 Å². The first-order valence-electron chi connectivity index (χ1n) is 7.64. The smallest absolute Gasteiger partial charge is 0.274 e. The van der Waals surface area contributed by atoms with Crippen LogP contribution in [0.1, 0.15) is 41.0 Å². The second kappa shape index (κ2) is 5.42. The van der Waals surface area contributed by atoms with Gasteiger partial charge >= 0.3 is 0 Å².